The average molecular weight is 419 g/mol. The molecule has 1 aliphatic heterocycles. The number of aryl methyl sites for hydroxylation is 1. The van der Waals surface area contributed by atoms with E-state index in [0.717, 1.165) is 59.8 Å². The maximum absolute atomic E-state index is 13.0. The fraction of sp³-hybridized carbons (Fsp3) is 0.429. The van der Waals surface area contributed by atoms with Gasteiger partial charge < -0.3 is 10.2 Å². The van der Waals surface area contributed by atoms with E-state index in [0.29, 0.717) is 5.92 Å². The molecule has 3 heterocycles. The van der Waals surface area contributed by atoms with Gasteiger partial charge in [0.15, 0.2) is 0 Å². The minimum Gasteiger partial charge on any atom is -0.338 e. The van der Waals surface area contributed by atoms with Gasteiger partial charge in [0, 0.05) is 18.5 Å². The number of likely N-dealkylation sites (tertiary alicyclic amines) is 1. The molecule has 0 aliphatic carbocycles. The van der Waals surface area contributed by atoms with Gasteiger partial charge in [-0.3, -0.25) is 9.48 Å². The molecular formula is C21H27ClN4OS. The number of thiophene rings is 1. The van der Waals surface area contributed by atoms with Crippen LogP contribution in [0.3, 0.4) is 0 Å². The van der Waals surface area contributed by atoms with E-state index in [2.05, 4.69) is 22.5 Å². The number of nitrogens with one attached hydrogen (secondary N) is 1. The van der Waals surface area contributed by atoms with Crippen LogP contribution in [0.1, 0.15) is 33.8 Å². The zero-order valence-electron chi connectivity index (χ0n) is 16.4. The van der Waals surface area contributed by atoms with Crippen molar-refractivity contribution in [1.82, 2.24) is 20.0 Å². The van der Waals surface area contributed by atoms with Crippen molar-refractivity contribution in [2.45, 2.75) is 26.3 Å². The number of hydrogen-bond acceptors (Lipinski definition) is 4. The maximum Gasteiger partial charge on any atom is 0.264 e. The molecule has 0 saturated carbocycles. The van der Waals surface area contributed by atoms with Crippen molar-refractivity contribution in [2.75, 3.05) is 26.7 Å². The van der Waals surface area contributed by atoms with Crippen LogP contribution in [0, 0.1) is 12.8 Å². The third-order valence-corrected chi connectivity index (χ3v) is 6.52. The van der Waals surface area contributed by atoms with E-state index in [1.807, 2.05) is 47.8 Å². The van der Waals surface area contributed by atoms with E-state index in [1.165, 1.54) is 5.56 Å². The molecule has 5 nitrogen and oxygen atoms in total. The number of carbonyl (C=O) groups excluding carboxylic acids is 1. The molecule has 1 aliphatic rings. The van der Waals surface area contributed by atoms with Crippen molar-refractivity contribution < 1.29 is 4.79 Å². The Morgan fingerprint density at radius 1 is 1.25 bits per heavy atom. The molecule has 4 rings (SSSR count). The number of carbonyl (C=O) groups is 1. The first-order chi connectivity index (χ1) is 13.2. The van der Waals surface area contributed by atoms with E-state index in [-0.39, 0.29) is 18.3 Å². The molecule has 2 aromatic heterocycles. The zero-order valence-corrected chi connectivity index (χ0v) is 18.0. The second-order valence-electron chi connectivity index (χ2n) is 7.35. The minimum atomic E-state index is 0. The SMILES string of the molecule is CNCC1CCN(C(=O)c2cc3c(C)nn(Cc4ccccc4)c3s2)CC1.Cl. The van der Waals surface area contributed by atoms with Gasteiger partial charge >= 0.3 is 0 Å². The van der Waals surface area contributed by atoms with Crippen molar-refractivity contribution in [1.29, 1.82) is 0 Å². The van der Waals surface area contributed by atoms with Gasteiger partial charge in [-0.2, -0.15) is 5.10 Å². The fourth-order valence-corrected chi connectivity index (χ4v) is 5.00. The van der Waals surface area contributed by atoms with Crippen LogP contribution in [0.4, 0.5) is 0 Å². The number of halogens is 1. The average Bonchev–Trinajstić information content (AvgIpc) is 3.25. The van der Waals surface area contributed by atoms with Gasteiger partial charge in [0.25, 0.3) is 5.91 Å². The van der Waals surface area contributed by atoms with Crippen molar-refractivity contribution in [3.05, 3.63) is 52.5 Å². The highest BCUT2D eigenvalue weighted by molar-refractivity contribution is 7.20. The summed E-state index contributed by atoms with van der Waals surface area (Å²) in [5.74, 6) is 0.855. The van der Waals surface area contributed by atoms with Crippen LogP contribution in [0.2, 0.25) is 0 Å². The molecular weight excluding hydrogens is 392 g/mol. The molecule has 3 aromatic rings. The van der Waals surface area contributed by atoms with Crippen molar-refractivity contribution >= 4 is 39.9 Å². The quantitative estimate of drug-likeness (QED) is 0.682. The van der Waals surface area contributed by atoms with Crippen LogP contribution in [-0.2, 0) is 6.54 Å². The third kappa shape index (κ3) is 4.24. The Morgan fingerprint density at radius 2 is 1.96 bits per heavy atom. The number of amides is 1. The summed E-state index contributed by atoms with van der Waals surface area (Å²) in [5, 5.41) is 9.03. The molecule has 0 atom stereocenters. The lowest BCUT2D eigenvalue weighted by molar-refractivity contribution is 0.0696. The van der Waals surface area contributed by atoms with Crippen LogP contribution in [0.25, 0.3) is 10.2 Å². The van der Waals surface area contributed by atoms with E-state index in [4.69, 9.17) is 0 Å². The predicted octanol–water partition coefficient (Wildman–Crippen LogP) is 3.95. The lowest BCUT2D eigenvalue weighted by Gasteiger charge is -2.31. The Balaban J connectivity index is 0.00000225. The lowest BCUT2D eigenvalue weighted by Crippen LogP contribution is -2.40. The Morgan fingerprint density at radius 3 is 2.64 bits per heavy atom. The number of fused-ring (bicyclic) bond motifs is 1. The highest BCUT2D eigenvalue weighted by Crippen LogP contribution is 2.30. The summed E-state index contributed by atoms with van der Waals surface area (Å²) in [5.41, 5.74) is 2.21. The Hall–Kier alpha value is -1.89. The standard InChI is InChI=1S/C21H26N4OS.ClH/c1-15-18-12-19(20(26)24-10-8-16(9-11-24)13-22-2)27-21(18)25(23-15)14-17-6-4-3-5-7-17;/h3-7,12,16,22H,8-11,13-14H2,1-2H3;1H. The number of rotatable bonds is 5. The molecule has 1 saturated heterocycles. The normalized spacial score (nSPS) is 15.0. The fourth-order valence-electron chi connectivity index (χ4n) is 3.87. The lowest BCUT2D eigenvalue weighted by atomic mass is 9.97. The van der Waals surface area contributed by atoms with E-state index < -0.39 is 0 Å². The summed E-state index contributed by atoms with van der Waals surface area (Å²) in [6, 6.07) is 12.4. The van der Waals surface area contributed by atoms with Crippen molar-refractivity contribution in [3.8, 4) is 0 Å². The number of aromatic nitrogens is 2. The minimum absolute atomic E-state index is 0. The number of nitrogens with zero attached hydrogens (tertiary/aromatic N) is 3. The summed E-state index contributed by atoms with van der Waals surface area (Å²) in [4.78, 5) is 16.9. The van der Waals surface area contributed by atoms with Crippen LogP contribution < -0.4 is 5.32 Å². The molecule has 0 bridgehead atoms. The molecule has 1 N–H and O–H groups in total. The third-order valence-electron chi connectivity index (χ3n) is 5.39. The smallest absolute Gasteiger partial charge is 0.264 e. The van der Waals surface area contributed by atoms with Crippen LogP contribution >= 0.6 is 23.7 Å². The predicted molar refractivity (Wildman–Crippen MR) is 118 cm³/mol. The molecule has 1 amide bonds. The molecule has 7 heteroatoms. The molecule has 1 aromatic carbocycles. The summed E-state index contributed by atoms with van der Waals surface area (Å²) in [6.45, 7) is 5.51. The highest BCUT2D eigenvalue weighted by Gasteiger charge is 2.25. The monoisotopic (exact) mass is 418 g/mol. The molecule has 0 radical (unpaired) electrons. The van der Waals surface area contributed by atoms with Gasteiger partial charge in [-0.25, -0.2) is 0 Å². The summed E-state index contributed by atoms with van der Waals surface area (Å²) >= 11 is 1.57. The zero-order chi connectivity index (χ0) is 18.8. The van der Waals surface area contributed by atoms with Gasteiger partial charge in [0.2, 0.25) is 0 Å². The topological polar surface area (TPSA) is 50.2 Å². The van der Waals surface area contributed by atoms with E-state index in [9.17, 15) is 4.79 Å². The van der Waals surface area contributed by atoms with Gasteiger partial charge in [-0.05, 0) is 50.9 Å². The van der Waals surface area contributed by atoms with Crippen molar-refractivity contribution in [2.24, 2.45) is 5.92 Å². The summed E-state index contributed by atoms with van der Waals surface area (Å²) in [7, 11) is 2.00. The first kappa shape index (κ1) is 20.8. The summed E-state index contributed by atoms with van der Waals surface area (Å²) in [6.07, 6.45) is 2.16. The number of benzene rings is 1. The second-order valence-corrected chi connectivity index (χ2v) is 8.38. The second kappa shape index (κ2) is 9.07. The molecule has 1 fully saturated rings. The van der Waals surface area contributed by atoms with Crippen LogP contribution in [0.15, 0.2) is 36.4 Å². The molecule has 150 valence electrons. The Bertz CT molecular complexity index is 929. The van der Waals surface area contributed by atoms with E-state index >= 15 is 0 Å². The first-order valence-electron chi connectivity index (χ1n) is 9.60. The van der Waals surface area contributed by atoms with Gasteiger partial charge in [0.1, 0.15) is 4.83 Å². The molecule has 28 heavy (non-hydrogen) atoms. The number of piperidine rings is 1. The van der Waals surface area contributed by atoms with Gasteiger partial charge in [-0.1, -0.05) is 30.3 Å². The highest BCUT2D eigenvalue weighted by atomic mass is 35.5. The van der Waals surface area contributed by atoms with Gasteiger partial charge in [-0.15, -0.1) is 23.7 Å². The van der Waals surface area contributed by atoms with Crippen LogP contribution in [0.5, 0.6) is 0 Å². The van der Waals surface area contributed by atoms with E-state index in [1.54, 1.807) is 11.3 Å². The first-order valence-corrected chi connectivity index (χ1v) is 10.4. The largest absolute Gasteiger partial charge is 0.338 e. The summed E-state index contributed by atoms with van der Waals surface area (Å²) < 4.78 is 2.03. The Kier molecular flexibility index (Phi) is 6.75. The molecule has 0 spiro atoms. The number of hydrogen-bond donors (Lipinski definition) is 1. The van der Waals surface area contributed by atoms with Gasteiger partial charge in [0.05, 0.1) is 17.1 Å². The molecule has 0 unspecified atom stereocenters. The van der Waals surface area contributed by atoms with Crippen molar-refractivity contribution in [3.63, 3.8) is 0 Å². The Labute approximate surface area is 176 Å². The van der Waals surface area contributed by atoms with Crippen LogP contribution in [-0.4, -0.2) is 47.3 Å². The maximum atomic E-state index is 13.0.